The van der Waals surface area contributed by atoms with E-state index in [2.05, 4.69) is 47.9 Å². The number of fused-ring (bicyclic) bond motifs is 2. The number of ether oxygens (including phenoxy) is 1. The SMILES string of the molecule is C=CC(=O)Nc1cc(Nc2ncnc(N3CC4(CCCC4)c4nc(C)ccc43)n2)c(OC)cc1N(C)CCN(C)C. The van der Waals surface area contributed by atoms with Crippen molar-refractivity contribution in [2.75, 3.05) is 68.3 Å². The lowest BCUT2D eigenvalue weighted by molar-refractivity contribution is -0.111. The van der Waals surface area contributed by atoms with Crippen molar-refractivity contribution in [2.24, 2.45) is 0 Å². The molecule has 1 amide bonds. The van der Waals surface area contributed by atoms with Crippen molar-refractivity contribution in [1.29, 1.82) is 0 Å². The van der Waals surface area contributed by atoms with E-state index in [0.29, 0.717) is 29.0 Å². The fourth-order valence-corrected chi connectivity index (χ4v) is 5.75. The summed E-state index contributed by atoms with van der Waals surface area (Å²) in [7, 11) is 7.64. The van der Waals surface area contributed by atoms with Gasteiger partial charge in [-0.05, 0) is 58.1 Å². The first-order valence-electron chi connectivity index (χ1n) is 14.0. The minimum Gasteiger partial charge on any atom is -0.494 e. The number of hydrogen-bond acceptors (Lipinski definition) is 10. The first-order chi connectivity index (χ1) is 19.7. The second kappa shape index (κ2) is 11.7. The number of anilines is 6. The Balaban J connectivity index is 1.47. The number of benzene rings is 1. The number of carbonyl (C=O) groups excluding carboxylic acids is 1. The van der Waals surface area contributed by atoms with Gasteiger partial charge in [0.15, 0.2) is 0 Å². The van der Waals surface area contributed by atoms with Crippen molar-refractivity contribution in [2.45, 2.75) is 38.0 Å². The molecule has 1 fully saturated rings. The lowest BCUT2D eigenvalue weighted by Crippen LogP contribution is -2.30. The van der Waals surface area contributed by atoms with Gasteiger partial charge in [0.25, 0.3) is 0 Å². The molecule has 1 aliphatic carbocycles. The van der Waals surface area contributed by atoms with Crippen molar-refractivity contribution in [3.8, 4) is 5.75 Å². The van der Waals surface area contributed by atoms with Crippen molar-refractivity contribution < 1.29 is 9.53 Å². The normalized spacial score (nSPS) is 15.2. The maximum Gasteiger partial charge on any atom is 0.247 e. The standard InChI is InChI=1S/C30H39N9O2/c1-7-26(40)34-21-16-22(25(41-6)17-24(21)38(5)15-14-37(3)4)35-28-31-19-32-29(36-28)39-18-30(12-8-9-13-30)27-23(39)11-10-20(2)33-27/h7,10-11,16-17,19H,1,8-9,12-15,18H2,2-6H3,(H,34,40)(H,31,32,35,36). The third-order valence-electron chi connectivity index (χ3n) is 7.93. The molecule has 216 valence electrons. The van der Waals surface area contributed by atoms with E-state index in [1.54, 1.807) is 7.11 Å². The van der Waals surface area contributed by atoms with Crippen LogP contribution in [0.3, 0.4) is 0 Å². The van der Waals surface area contributed by atoms with Crippen LogP contribution in [-0.4, -0.2) is 78.6 Å². The molecule has 1 spiro atoms. The Morgan fingerprint density at radius 3 is 2.61 bits per heavy atom. The topological polar surface area (TPSA) is 112 Å². The maximum absolute atomic E-state index is 12.3. The second-order valence-corrected chi connectivity index (χ2v) is 11.1. The Morgan fingerprint density at radius 1 is 1.12 bits per heavy atom. The van der Waals surface area contributed by atoms with Crippen LogP contribution < -0.4 is 25.2 Å². The maximum atomic E-state index is 12.3. The van der Waals surface area contributed by atoms with Gasteiger partial charge in [-0.15, -0.1) is 0 Å². The summed E-state index contributed by atoms with van der Waals surface area (Å²) in [5.41, 5.74) is 5.33. The molecule has 1 aromatic carbocycles. The van der Waals surface area contributed by atoms with E-state index in [1.807, 2.05) is 46.3 Å². The average Bonchev–Trinajstić information content (AvgIpc) is 3.56. The van der Waals surface area contributed by atoms with Crippen molar-refractivity contribution in [1.82, 2.24) is 24.8 Å². The third-order valence-corrected chi connectivity index (χ3v) is 7.93. The Labute approximate surface area is 241 Å². The third kappa shape index (κ3) is 5.81. The van der Waals surface area contributed by atoms with Crippen LogP contribution in [0.5, 0.6) is 5.75 Å². The lowest BCUT2D eigenvalue weighted by Gasteiger charge is -2.26. The van der Waals surface area contributed by atoms with Gasteiger partial charge in [-0.3, -0.25) is 9.78 Å². The summed E-state index contributed by atoms with van der Waals surface area (Å²) in [6, 6.07) is 7.90. The molecule has 11 heteroatoms. The highest BCUT2D eigenvalue weighted by atomic mass is 16.5. The molecule has 2 aliphatic rings. The smallest absolute Gasteiger partial charge is 0.247 e. The van der Waals surface area contributed by atoms with Gasteiger partial charge >= 0.3 is 0 Å². The molecule has 0 radical (unpaired) electrons. The molecule has 3 aromatic rings. The number of likely N-dealkylation sites (N-methyl/N-ethyl adjacent to an activating group) is 2. The monoisotopic (exact) mass is 557 g/mol. The van der Waals surface area contributed by atoms with Crippen molar-refractivity contribution in [3.05, 3.63) is 54.6 Å². The Morgan fingerprint density at radius 2 is 1.90 bits per heavy atom. The Kier molecular flexibility index (Phi) is 8.07. The predicted octanol–water partition coefficient (Wildman–Crippen LogP) is 4.41. The zero-order valence-electron chi connectivity index (χ0n) is 24.6. The summed E-state index contributed by atoms with van der Waals surface area (Å²) in [6.07, 6.45) is 7.42. The minimum absolute atomic E-state index is 0.0392. The number of pyridine rings is 1. The zero-order chi connectivity index (χ0) is 29.1. The van der Waals surface area contributed by atoms with E-state index >= 15 is 0 Å². The molecule has 41 heavy (non-hydrogen) atoms. The zero-order valence-corrected chi connectivity index (χ0v) is 24.6. The highest BCUT2D eigenvalue weighted by Gasteiger charge is 2.47. The molecule has 0 atom stereocenters. The number of aryl methyl sites for hydroxylation is 1. The molecular formula is C30H39N9O2. The van der Waals surface area contributed by atoms with E-state index in [1.165, 1.54) is 25.2 Å². The van der Waals surface area contributed by atoms with Gasteiger partial charge in [0.2, 0.25) is 17.8 Å². The summed E-state index contributed by atoms with van der Waals surface area (Å²) in [5.74, 6) is 1.23. The van der Waals surface area contributed by atoms with E-state index < -0.39 is 0 Å². The van der Waals surface area contributed by atoms with Gasteiger partial charge in [-0.2, -0.15) is 4.98 Å². The number of carbonyl (C=O) groups is 1. The van der Waals surface area contributed by atoms with E-state index in [0.717, 1.165) is 55.2 Å². The number of methoxy groups -OCH3 is 1. The molecular weight excluding hydrogens is 518 g/mol. The van der Waals surface area contributed by atoms with Gasteiger partial charge in [-0.1, -0.05) is 19.4 Å². The quantitative estimate of drug-likeness (QED) is 0.348. The van der Waals surface area contributed by atoms with Gasteiger partial charge in [0.05, 0.1) is 35.6 Å². The predicted molar refractivity (Wildman–Crippen MR) is 163 cm³/mol. The molecule has 0 saturated heterocycles. The van der Waals surface area contributed by atoms with Crippen LogP contribution in [-0.2, 0) is 10.2 Å². The van der Waals surface area contributed by atoms with Gasteiger partial charge in [-0.25, -0.2) is 9.97 Å². The number of rotatable bonds is 10. The van der Waals surface area contributed by atoms with Gasteiger partial charge in [0.1, 0.15) is 12.1 Å². The van der Waals surface area contributed by atoms with Crippen LogP contribution >= 0.6 is 0 Å². The summed E-state index contributed by atoms with van der Waals surface area (Å²) >= 11 is 0. The van der Waals surface area contributed by atoms with Crippen LogP contribution in [0.4, 0.5) is 34.6 Å². The second-order valence-electron chi connectivity index (χ2n) is 11.1. The first-order valence-corrected chi connectivity index (χ1v) is 14.0. The lowest BCUT2D eigenvalue weighted by atomic mass is 9.84. The fraction of sp³-hybridized carbons (Fsp3) is 0.433. The molecule has 1 aliphatic heterocycles. The molecule has 0 unspecified atom stereocenters. The van der Waals surface area contributed by atoms with Crippen LogP contribution in [0.2, 0.25) is 0 Å². The molecule has 11 nitrogen and oxygen atoms in total. The van der Waals surface area contributed by atoms with E-state index in [-0.39, 0.29) is 11.3 Å². The molecule has 0 bridgehead atoms. The number of hydrogen-bond donors (Lipinski definition) is 2. The number of amides is 1. The Hall–Kier alpha value is -4.25. The highest BCUT2D eigenvalue weighted by Crippen LogP contribution is 2.51. The van der Waals surface area contributed by atoms with Crippen LogP contribution in [0.1, 0.15) is 37.1 Å². The molecule has 2 N–H and O–H groups in total. The summed E-state index contributed by atoms with van der Waals surface area (Å²) in [5, 5.41) is 6.23. The molecule has 1 saturated carbocycles. The van der Waals surface area contributed by atoms with Crippen molar-refractivity contribution >= 4 is 40.6 Å². The Bertz CT molecular complexity index is 1440. The summed E-state index contributed by atoms with van der Waals surface area (Å²) < 4.78 is 5.75. The molecule has 3 heterocycles. The molecule has 2 aromatic heterocycles. The van der Waals surface area contributed by atoms with Crippen LogP contribution in [0, 0.1) is 6.92 Å². The van der Waals surface area contributed by atoms with Crippen molar-refractivity contribution in [3.63, 3.8) is 0 Å². The van der Waals surface area contributed by atoms with Crippen LogP contribution in [0.25, 0.3) is 0 Å². The summed E-state index contributed by atoms with van der Waals surface area (Å²) in [4.78, 5) is 37.4. The number of nitrogens with one attached hydrogen (secondary N) is 2. The van der Waals surface area contributed by atoms with Gasteiger partial charge in [0, 0.05) is 43.9 Å². The number of nitrogens with zero attached hydrogens (tertiary/aromatic N) is 7. The van der Waals surface area contributed by atoms with E-state index in [9.17, 15) is 4.79 Å². The van der Waals surface area contributed by atoms with Crippen LogP contribution in [0.15, 0.2) is 43.2 Å². The summed E-state index contributed by atoms with van der Waals surface area (Å²) in [6.45, 7) is 8.04. The highest BCUT2D eigenvalue weighted by molar-refractivity contribution is 6.02. The fourth-order valence-electron chi connectivity index (χ4n) is 5.75. The largest absolute Gasteiger partial charge is 0.494 e. The minimum atomic E-state index is -0.303. The van der Waals surface area contributed by atoms with Gasteiger partial charge < -0.3 is 30.1 Å². The van der Waals surface area contributed by atoms with E-state index in [4.69, 9.17) is 14.7 Å². The number of aromatic nitrogens is 4. The first kappa shape index (κ1) is 28.3. The molecule has 5 rings (SSSR count). The average molecular weight is 558 g/mol.